The molecule has 0 aliphatic carbocycles. The van der Waals surface area contributed by atoms with Crippen molar-refractivity contribution < 1.29 is 0 Å². The zero-order chi connectivity index (χ0) is 36.1. The Balaban J connectivity index is 0.000000349. The van der Waals surface area contributed by atoms with Crippen LogP contribution in [0.2, 0.25) is 0 Å². The Bertz CT molecular complexity index is 1880. The van der Waals surface area contributed by atoms with Crippen LogP contribution in [-0.2, 0) is 0 Å². The van der Waals surface area contributed by atoms with Crippen LogP contribution in [0.1, 0.15) is 70.2 Å². The Labute approximate surface area is 315 Å². The maximum Gasteiger partial charge on any atom is -0.0105 e. The fraction of sp³-hybridized carbons (Fsp3) is 0.192. The summed E-state index contributed by atoms with van der Waals surface area (Å²) in [5.41, 5.74) is 0. The summed E-state index contributed by atoms with van der Waals surface area (Å²) in [6.07, 6.45) is 0. The first-order valence-electron chi connectivity index (χ1n) is 18.4. The van der Waals surface area contributed by atoms with Crippen LogP contribution in [0.5, 0.6) is 0 Å². The van der Waals surface area contributed by atoms with Crippen molar-refractivity contribution in [1.29, 1.82) is 0 Å². The van der Waals surface area contributed by atoms with Gasteiger partial charge in [-0.3, -0.25) is 0 Å². The van der Waals surface area contributed by atoms with Gasteiger partial charge >= 0.3 is 0 Å². The van der Waals surface area contributed by atoms with Gasteiger partial charge < -0.3 is 0 Å². The molecule has 52 heavy (non-hydrogen) atoms. The zero-order valence-electron chi connectivity index (χ0n) is 31.3. The molecule has 9 aromatic carbocycles. The molecule has 0 radical (unpaired) electrons. The summed E-state index contributed by atoms with van der Waals surface area (Å²) < 4.78 is 0. The average molecular weight is 687 g/mol. The summed E-state index contributed by atoms with van der Waals surface area (Å²) in [5, 5.41) is 15.9. The van der Waals surface area contributed by atoms with Gasteiger partial charge in [-0.1, -0.05) is 252 Å². The first kappa shape index (κ1) is 44.6. The predicted octanol–water partition coefficient (Wildman–Crippen LogP) is 17.4. The van der Waals surface area contributed by atoms with Gasteiger partial charge in [0.25, 0.3) is 0 Å². The van der Waals surface area contributed by atoms with Crippen molar-refractivity contribution in [2.75, 3.05) is 0 Å². The summed E-state index contributed by atoms with van der Waals surface area (Å²) in [5.74, 6) is 0. The number of hydrogen-bond donors (Lipinski definition) is 0. The Kier molecular flexibility index (Phi) is 21.1. The van der Waals surface area contributed by atoms with E-state index in [4.69, 9.17) is 0 Å². The molecule has 0 aliphatic heterocycles. The van der Waals surface area contributed by atoms with Crippen molar-refractivity contribution in [3.63, 3.8) is 0 Å². The number of hydrogen-bond acceptors (Lipinski definition) is 0. The van der Waals surface area contributed by atoms with Gasteiger partial charge in [0.1, 0.15) is 0 Å². The molecule has 270 valence electrons. The molecule has 0 saturated heterocycles. The third-order valence-corrected chi connectivity index (χ3v) is 7.96. The second-order valence-electron chi connectivity index (χ2n) is 10.5. The highest BCUT2D eigenvalue weighted by atomic mass is 14.0. The van der Waals surface area contributed by atoms with Crippen molar-refractivity contribution in [2.24, 2.45) is 0 Å². The third kappa shape index (κ3) is 11.0. The van der Waals surface area contributed by atoms with Gasteiger partial charge in [0, 0.05) is 0 Å². The van der Waals surface area contributed by atoms with E-state index in [1.807, 2.05) is 55.4 Å². The molecule has 0 heteroatoms. The molecule has 0 amide bonds. The van der Waals surface area contributed by atoms with E-state index in [-0.39, 0.29) is 14.9 Å². The number of benzene rings is 9. The molecule has 0 unspecified atom stereocenters. The second kappa shape index (κ2) is 24.6. The quantitative estimate of drug-likeness (QED) is 0.139. The fourth-order valence-corrected chi connectivity index (χ4v) is 5.86. The van der Waals surface area contributed by atoms with Crippen LogP contribution >= 0.6 is 0 Å². The average Bonchev–Trinajstić information content (AvgIpc) is 3.24. The Hall–Kier alpha value is -5.46. The van der Waals surface area contributed by atoms with Crippen LogP contribution in [0, 0.1) is 0 Å². The summed E-state index contributed by atoms with van der Waals surface area (Å²) in [6.45, 7) is 16.0. The van der Waals surface area contributed by atoms with E-state index in [1.165, 1.54) is 64.6 Å². The van der Waals surface area contributed by atoms with E-state index in [2.05, 4.69) is 182 Å². The van der Waals surface area contributed by atoms with Gasteiger partial charge in [-0.25, -0.2) is 0 Å². The SMILES string of the molecule is C.C.CC.CC.CC.CC.c1ccc2c(c1)ccc1ccccc12.c1ccc2c(c1)ccc1ccccc12.c1ccc2c(c1)ccc1ccccc12. The Morgan fingerprint density at radius 2 is 0.288 bits per heavy atom. The summed E-state index contributed by atoms with van der Waals surface area (Å²) >= 11 is 0. The maximum absolute atomic E-state index is 2.18. The van der Waals surface area contributed by atoms with E-state index >= 15 is 0 Å². The lowest BCUT2D eigenvalue weighted by Gasteiger charge is -2.02. The van der Waals surface area contributed by atoms with Crippen molar-refractivity contribution in [2.45, 2.75) is 70.2 Å². The smallest absolute Gasteiger partial charge is 0.0105 e. The molecule has 9 rings (SSSR count). The summed E-state index contributed by atoms with van der Waals surface area (Å²) in [6, 6.07) is 64.1. The first-order valence-corrected chi connectivity index (χ1v) is 18.4. The van der Waals surface area contributed by atoms with Gasteiger partial charge in [-0.2, -0.15) is 0 Å². The summed E-state index contributed by atoms with van der Waals surface area (Å²) in [7, 11) is 0. The molecule has 0 nitrogen and oxygen atoms in total. The number of fused-ring (bicyclic) bond motifs is 9. The molecule has 0 N–H and O–H groups in total. The third-order valence-electron chi connectivity index (χ3n) is 7.96. The molecule has 0 aromatic heterocycles. The molecule has 0 aliphatic rings. The zero-order valence-corrected chi connectivity index (χ0v) is 31.3. The minimum absolute atomic E-state index is 0. The first-order chi connectivity index (χ1) is 24.8. The lowest BCUT2D eigenvalue weighted by Crippen LogP contribution is -1.75. The molecular weight excluding hydrogens is 625 g/mol. The largest absolute Gasteiger partial charge is 0.0776 e. The van der Waals surface area contributed by atoms with Gasteiger partial charge in [0.05, 0.1) is 0 Å². The van der Waals surface area contributed by atoms with Crippen LogP contribution in [-0.4, -0.2) is 0 Å². The molecule has 0 atom stereocenters. The minimum atomic E-state index is 0. The van der Waals surface area contributed by atoms with Gasteiger partial charge in [-0.05, 0) is 64.6 Å². The van der Waals surface area contributed by atoms with Crippen molar-refractivity contribution >= 4 is 64.6 Å². The van der Waals surface area contributed by atoms with E-state index in [9.17, 15) is 0 Å². The van der Waals surface area contributed by atoms with Gasteiger partial charge in [0.2, 0.25) is 0 Å². The standard InChI is InChI=1S/3C14H10.4C2H6.2CH4/c3*1-3-7-13-11(5-1)9-10-12-6-2-4-8-14(12)13;4*1-2;;/h3*1-10H;4*1-2H3;2*1H4. The van der Waals surface area contributed by atoms with Crippen LogP contribution in [0.15, 0.2) is 182 Å². The molecule has 9 aromatic rings. The monoisotopic (exact) mass is 686 g/mol. The molecule has 0 bridgehead atoms. The highest BCUT2D eigenvalue weighted by Crippen LogP contribution is 2.26. The van der Waals surface area contributed by atoms with Crippen LogP contribution in [0.3, 0.4) is 0 Å². The molecule has 0 spiro atoms. The van der Waals surface area contributed by atoms with E-state index < -0.39 is 0 Å². The van der Waals surface area contributed by atoms with Crippen molar-refractivity contribution in [1.82, 2.24) is 0 Å². The van der Waals surface area contributed by atoms with Crippen molar-refractivity contribution in [3.8, 4) is 0 Å². The van der Waals surface area contributed by atoms with E-state index in [1.54, 1.807) is 0 Å². The highest BCUT2D eigenvalue weighted by molar-refractivity contribution is 6.09. The van der Waals surface area contributed by atoms with Crippen LogP contribution in [0.25, 0.3) is 64.6 Å². The van der Waals surface area contributed by atoms with E-state index in [0.29, 0.717) is 0 Å². The topological polar surface area (TPSA) is 0 Å². The second-order valence-corrected chi connectivity index (χ2v) is 10.5. The molecule has 0 saturated carbocycles. The normalized spacial score (nSPS) is 9.23. The molecular formula is C52H62. The minimum Gasteiger partial charge on any atom is -0.0776 e. The molecule has 0 fully saturated rings. The Morgan fingerprint density at radius 3 is 0.423 bits per heavy atom. The number of rotatable bonds is 0. The van der Waals surface area contributed by atoms with Gasteiger partial charge in [0.15, 0.2) is 0 Å². The predicted molar refractivity (Wildman–Crippen MR) is 243 cm³/mol. The van der Waals surface area contributed by atoms with Crippen molar-refractivity contribution in [3.05, 3.63) is 182 Å². The maximum atomic E-state index is 2.18. The van der Waals surface area contributed by atoms with E-state index in [0.717, 1.165) is 0 Å². The lowest BCUT2D eigenvalue weighted by atomic mass is 10.0. The van der Waals surface area contributed by atoms with Crippen LogP contribution in [0.4, 0.5) is 0 Å². The fourth-order valence-electron chi connectivity index (χ4n) is 5.86. The highest BCUT2D eigenvalue weighted by Gasteiger charge is 1.99. The van der Waals surface area contributed by atoms with Gasteiger partial charge in [-0.15, -0.1) is 0 Å². The summed E-state index contributed by atoms with van der Waals surface area (Å²) in [4.78, 5) is 0. The molecule has 0 heterocycles. The lowest BCUT2D eigenvalue weighted by molar-refractivity contribution is 1.50. The van der Waals surface area contributed by atoms with Crippen LogP contribution < -0.4 is 0 Å². The Morgan fingerprint density at radius 1 is 0.173 bits per heavy atom.